The first kappa shape index (κ1) is 22.5. The highest BCUT2D eigenvalue weighted by molar-refractivity contribution is 5.56. The van der Waals surface area contributed by atoms with Crippen molar-refractivity contribution in [2.24, 2.45) is 34.5 Å². The third-order valence-corrected chi connectivity index (χ3v) is 10.1. The summed E-state index contributed by atoms with van der Waals surface area (Å²) in [5.74, 6) is 2.25. The number of aliphatic hydroxyl groups is 2. The van der Waals surface area contributed by atoms with Gasteiger partial charge in [0.05, 0.1) is 17.8 Å². The summed E-state index contributed by atoms with van der Waals surface area (Å²) in [6.07, 6.45) is 5.13. The van der Waals surface area contributed by atoms with Crippen LogP contribution in [0.5, 0.6) is 0 Å². The third-order valence-electron chi connectivity index (χ3n) is 10.1. The second kappa shape index (κ2) is 7.59. The van der Waals surface area contributed by atoms with Crippen molar-refractivity contribution >= 4 is 6.08 Å². The van der Waals surface area contributed by atoms with E-state index in [4.69, 9.17) is 0 Å². The lowest BCUT2D eigenvalue weighted by Gasteiger charge is -2.60. The Morgan fingerprint density at radius 2 is 1.59 bits per heavy atom. The van der Waals surface area contributed by atoms with Crippen molar-refractivity contribution in [2.75, 3.05) is 0 Å². The van der Waals surface area contributed by atoms with Crippen LogP contribution in [0.4, 0.5) is 13.2 Å². The smallest absolute Gasteiger partial charge is 0.393 e. The SMILES string of the molecule is C[C@]12CC[C@H](O)C[C@@H]1CC[C@H]1[C@H]2CC[C@@]2(C)[C@H](O)/C(=C\c3ccc(C(F)(F)F)cc3)C[C@H]12. The Hall–Kier alpha value is -1.33. The maximum absolute atomic E-state index is 12.9. The van der Waals surface area contributed by atoms with E-state index in [0.717, 1.165) is 74.6 Å². The van der Waals surface area contributed by atoms with E-state index in [1.54, 1.807) is 0 Å². The lowest BCUT2D eigenvalue weighted by atomic mass is 9.45. The van der Waals surface area contributed by atoms with Crippen molar-refractivity contribution in [3.63, 3.8) is 0 Å². The van der Waals surface area contributed by atoms with Crippen molar-refractivity contribution < 1.29 is 23.4 Å². The molecule has 8 atom stereocenters. The van der Waals surface area contributed by atoms with E-state index in [1.807, 2.05) is 6.08 Å². The Balaban J connectivity index is 1.40. The Labute approximate surface area is 188 Å². The summed E-state index contributed by atoms with van der Waals surface area (Å²) in [4.78, 5) is 0. The van der Waals surface area contributed by atoms with E-state index in [-0.39, 0.29) is 16.9 Å². The van der Waals surface area contributed by atoms with Gasteiger partial charge in [0.25, 0.3) is 0 Å². The summed E-state index contributed by atoms with van der Waals surface area (Å²) in [5, 5.41) is 21.5. The minimum absolute atomic E-state index is 0.148. The van der Waals surface area contributed by atoms with Crippen molar-refractivity contribution in [3.8, 4) is 0 Å². The molecule has 4 saturated carbocycles. The molecule has 2 N–H and O–H groups in total. The van der Waals surface area contributed by atoms with Gasteiger partial charge in [-0.3, -0.25) is 0 Å². The highest BCUT2D eigenvalue weighted by Crippen LogP contribution is 2.67. The van der Waals surface area contributed by atoms with E-state index in [2.05, 4.69) is 13.8 Å². The summed E-state index contributed by atoms with van der Waals surface area (Å²) in [6.45, 7) is 4.68. The maximum atomic E-state index is 12.9. The average Bonchev–Trinajstić information content (AvgIpc) is 2.99. The molecule has 176 valence electrons. The fourth-order valence-electron chi connectivity index (χ4n) is 8.22. The Bertz CT molecular complexity index is 891. The fourth-order valence-corrected chi connectivity index (χ4v) is 8.22. The molecule has 4 aliphatic carbocycles. The van der Waals surface area contributed by atoms with Crippen LogP contribution in [0.3, 0.4) is 0 Å². The predicted molar refractivity (Wildman–Crippen MR) is 119 cm³/mol. The molecule has 4 aliphatic rings. The largest absolute Gasteiger partial charge is 0.416 e. The van der Waals surface area contributed by atoms with Crippen LogP contribution in [0.2, 0.25) is 0 Å². The summed E-state index contributed by atoms with van der Waals surface area (Å²) >= 11 is 0. The van der Waals surface area contributed by atoms with Crippen molar-refractivity contribution in [1.29, 1.82) is 0 Å². The number of aliphatic hydroxyl groups excluding tert-OH is 2. The topological polar surface area (TPSA) is 40.5 Å². The molecule has 2 nitrogen and oxygen atoms in total. The third kappa shape index (κ3) is 3.46. The molecule has 0 saturated heterocycles. The van der Waals surface area contributed by atoms with Gasteiger partial charge in [-0.25, -0.2) is 0 Å². The highest BCUT2D eigenvalue weighted by Gasteiger charge is 2.61. The second-order valence-electron chi connectivity index (χ2n) is 11.6. The number of rotatable bonds is 1. The van der Waals surface area contributed by atoms with Gasteiger partial charge in [0.1, 0.15) is 0 Å². The number of hydrogen-bond acceptors (Lipinski definition) is 2. The molecule has 5 heteroatoms. The molecule has 1 aromatic rings. The number of halogens is 3. The summed E-state index contributed by atoms with van der Waals surface area (Å²) in [6, 6.07) is 5.26. The molecular formula is C27H35F3O2. The lowest BCUT2D eigenvalue weighted by molar-refractivity contribution is -0.137. The van der Waals surface area contributed by atoms with E-state index in [1.165, 1.54) is 12.1 Å². The second-order valence-corrected chi connectivity index (χ2v) is 11.6. The van der Waals surface area contributed by atoms with E-state index in [0.29, 0.717) is 23.7 Å². The van der Waals surface area contributed by atoms with E-state index in [9.17, 15) is 23.4 Å². The van der Waals surface area contributed by atoms with Gasteiger partial charge in [-0.05, 0) is 104 Å². The van der Waals surface area contributed by atoms with Gasteiger partial charge < -0.3 is 10.2 Å². The normalized spacial score (nSPS) is 45.3. The van der Waals surface area contributed by atoms with Crippen LogP contribution in [0.25, 0.3) is 6.08 Å². The quantitative estimate of drug-likeness (QED) is 0.517. The average molecular weight is 449 g/mol. The van der Waals surface area contributed by atoms with Gasteiger partial charge in [0.2, 0.25) is 0 Å². The van der Waals surface area contributed by atoms with Crippen molar-refractivity contribution in [1.82, 2.24) is 0 Å². The zero-order valence-electron chi connectivity index (χ0n) is 19.0. The fraction of sp³-hybridized carbons (Fsp3) is 0.704. The summed E-state index contributed by atoms with van der Waals surface area (Å²) < 4.78 is 38.7. The molecule has 0 heterocycles. The molecule has 0 radical (unpaired) electrons. The molecule has 1 aromatic carbocycles. The number of alkyl halides is 3. The first-order chi connectivity index (χ1) is 15.0. The zero-order chi connectivity index (χ0) is 22.9. The van der Waals surface area contributed by atoms with Gasteiger partial charge in [0.15, 0.2) is 0 Å². The highest BCUT2D eigenvalue weighted by atomic mass is 19.4. The molecule has 0 spiro atoms. The lowest BCUT2D eigenvalue weighted by Crippen LogP contribution is -2.54. The predicted octanol–water partition coefficient (Wildman–Crippen LogP) is 6.46. The molecule has 5 rings (SSSR count). The van der Waals surface area contributed by atoms with Gasteiger partial charge in [-0.15, -0.1) is 0 Å². The Kier molecular flexibility index (Phi) is 5.33. The molecule has 0 aromatic heterocycles. The number of hydrogen-bond donors (Lipinski definition) is 2. The number of benzene rings is 1. The van der Waals surface area contributed by atoms with Crippen LogP contribution in [0, 0.1) is 34.5 Å². The standard InChI is InChI=1S/C27H35F3O2/c1-25-11-9-20(31)15-19(25)7-8-21-22(25)10-12-26(2)23(21)14-17(24(26)32)13-16-3-5-18(6-4-16)27(28,29)30/h3-6,13,19-24,31-32H,7-12,14-15H2,1-2H3/b17-13-/t19-,20-,21-,22+,23+,24+,25-,26+/m0/s1. The number of fused-ring (bicyclic) bond motifs is 5. The van der Waals surface area contributed by atoms with Crippen LogP contribution in [0.1, 0.15) is 76.3 Å². The molecule has 0 amide bonds. The first-order valence-electron chi connectivity index (χ1n) is 12.3. The summed E-state index contributed by atoms with van der Waals surface area (Å²) in [7, 11) is 0. The van der Waals surface area contributed by atoms with Crippen molar-refractivity contribution in [2.45, 2.75) is 83.6 Å². The van der Waals surface area contributed by atoms with Crippen LogP contribution in [-0.4, -0.2) is 22.4 Å². The minimum Gasteiger partial charge on any atom is -0.393 e. The van der Waals surface area contributed by atoms with Crippen LogP contribution >= 0.6 is 0 Å². The van der Waals surface area contributed by atoms with Gasteiger partial charge in [-0.1, -0.05) is 32.1 Å². The van der Waals surface area contributed by atoms with Crippen molar-refractivity contribution in [3.05, 3.63) is 41.0 Å². The molecule has 4 fully saturated rings. The van der Waals surface area contributed by atoms with E-state index < -0.39 is 17.8 Å². The van der Waals surface area contributed by atoms with Gasteiger partial charge in [-0.2, -0.15) is 13.2 Å². The molecular weight excluding hydrogens is 413 g/mol. The Morgan fingerprint density at radius 3 is 2.28 bits per heavy atom. The van der Waals surface area contributed by atoms with Crippen LogP contribution in [0.15, 0.2) is 29.8 Å². The molecule has 32 heavy (non-hydrogen) atoms. The van der Waals surface area contributed by atoms with Gasteiger partial charge in [0, 0.05) is 5.41 Å². The van der Waals surface area contributed by atoms with Crippen LogP contribution < -0.4 is 0 Å². The summed E-state index contributed by atoms with van der Waals surface area (Å²) in [5.41, 5.74) is 1.19. The monoisotopic (exact) mass is 448 g/mol. The Morgan fingerprint density at radius 1 is 0.906 bits per heavy atom. The minimum atomic E-state index is -4.33. The van der Waals surface area contributed by atoms with Gasteiger partial charge >= 0.3 is 6.18 Å². The molecule has 0 bridgehead atoms. The van der Waals surface area contributed by atoms with Crippen LogP contribution in [-0.2, 0) is 6.18 Å². The first-order valence-corrected chi connectivity index (χ1v) is 12.3. The maximum Gasteiger partial charge on any atom is 0.416 e. The zero-order valence-corrected chi connectivity index (χ0v) is 19.0. The molecule has 0 unspecified atom stereocenters. The van der Waals surface area contributed by atoms with E-state index >= 15 is 0 Å². The molecule has 0 aliphatic heterocycles.